The normalized spacial score (nSPS) is 16.0. The van der Waals surface area contributed by atoms with Gasteiger partial charge in [-0.05, 0) is 17.7 Å². The van der Waals surface area contributed by atoms with Crippen molar-refractivity contribution in [3.8, 4) is 5.75 Å². The summed E-state index contributed by atoms with van der Waals surface area (Å²) in [5.41, 5.74) is 7.36. The molecule has 1 aliphatic heterocycles. The van der Waals surface area contributed by atoms with Gasteiger partial charge in [0, 0.05) is 43.2 Å². The summed E-state index contributed by atoms with van der Waals surface area (Å²) < 4.78 is 5.33. The van der Waals surface area contributed by atoms with Gasteiger partial charge in [-0.25, -0.2) is 4.98 Å². The second kappa shape index (κ2) is 7.95. The Balaban J connectivity index is 1.59. The van der Waals surface area contributed by atoms with E-state index in [9.17, 15) is 0 Å². The number of methoxy groups -OCH3 is 1. The molecule has 0 bridgehead atoms. The van der Waals surface area contributed by atoms with Crippen molar-refractivity contribution in [3.05, 3.63) is 41.4 Å². The van der Waals surface area contributed by atoms with Crippen LogP contribution in [0.3, 0.4) is 0 Å². The molecule has 0 amide bonds. The number of guanidine groups is 1. The molecule has 1 fully saturated rings. The van der Waals surface area contributed by atoms with Gasteiger partial charge in [0.25, 0.3) is 0 Å². The molecule has 0 saturated carbocycles. The van der Waals surface area contributed by atoms with Crippen molar-refractivity contribution in [2.75, 3.05) is 44.7 Å². The number of hydrogen-bond donors (Lipinski definition) is 1. The van der Waals surface area contributed by atoms with Crippen LogP contribution in [0.1, 0.15) is 19.4 Å². The minimum absolute atomic E-state index is 0.109. The summed E-state index contributed by atoms with van der Waals surface area (Å²) in [7, 11) is 1.69. The van der Waals surface area contributed by atoms with Crippen molar-refractivity contribution in [1.29, 1.82) is 0 Å². The molecule has 2 heterocycles. The van der Waals surface area contributed by atoms with Crippen LogP contribution >= 0.6 is 11.3 Å². The van der Waals surface area contributed by atoms with Crippen LogP contribution in [0.5, 0.6) is 5.75 Å². The van der Waals surface area contributed by atoms with Crippen LogP contribution in [-0.4, -0.2) is 55.7 Å². The third-order valence-corrected chi connectivity index (χ3v) is 5.61. The molecule has 6 nitrogen and oxygen atoms in total. The molecule has 0 aliphatic carbocycles. The van der Waals surface area contributed by atoms with E-state index < -0.39 is 0 Å². The van der Waals surface area contributed by atoms with Crippen LogP contribution in [0.15, 0.2) is 40.8 Å². The quantitative estimate of drug-likeness (QED) is 0.644. The minimum atomic E-state index is -0.109. The highest BCUT2D eigenvalue weighted by molar-refractivity contribution is 7.13. The lowest BCUT2D eigenvalue weighted by atomic mass is 9.84. The largest absolute Gasteiger partial charge is 0.497 e. The maximum Gasteiger partial charge on any atom is 0.191 e. The molecule has 3 rings (SSSR count). The number of nitrogens with two attached hydrogens (primary N) is 1. The molecule has 0 atom stereocenters. The van der Waals surface area contributed by atoms with E-state index in [2.05, 4.69) is 45.8 Å². The fourth-order valence-electron chi connectivity index (χ4n) is 3.01. The molecule has 0 spiro atoms. The van der Waals surface area contributed by atoms with E-state index in [1.165, 1.54) is 5.56 Å². The first-order valence-corrected chi connectivity index (χ1v) is 9.71. The number of piperazine rings is 1. The van der Waals surface area contributed by atoms with E-state index in [0.717, 1.165) is 37.1 Å². The standard InChI is InChI=1S/C19H27N5OS/c1-19(2,15-5-4-6-16(13-15)25-3)14-22-17(20)23-8-10-24(11-9-23)18-21-7-12-26-18/h4-7,12-13H,8-11,14H2,1-3H3,(H2,20,22). The van der Waals surface area contributed by atoms with E-state index in [1.807, 2.05) is 23.7 Å². The fraction of sp³-hybridized carbons (Fsp3) is 0.474. The van der Waals surface area contributed by atoms with Gasteiger partial charge in [-0.15, -0.1) is 11.3 Å². The van der Waals surface area contributed by atoms with Gasteiger partial charge in [0.15, 0.2) is 11.1 Å². The van der Waals surface area contributed by atoms with Gasteiger partial charge in [0.05, 0.1) is 13.7 Å². The monoisotopic (exact) mass is 373 g/mol. The van der Waals surface area contributed by atoms with Crippen LogP contribution in [-0.2, 0) is 5.41 Å². The predicted molar refractivity (Wildman–Crippen MR) is 108 cm³/mol. The average molecular weight is 374 g/mol. The number of anilines is 1. The van der Waals surface area contributed by atoms with E-state index >= 15 is 0 Å². The molecule has 2 N–H and O–H groups in total. The summed E-state index contributed by atoms with van der Waals surface area (Å²) in [6, 6.07) is 8.15. The van der Waals surface area contributed by atoms with Crippen molar-refractivity contribution < 1.29 is 4.74 Å². The van der Waals surface area contributed by atoms with Gasteiger partial charge < -0.3 is 20.3 Å². The molecule has 0 radical (unpaired) electrons. The van der Waals surface area contributed by atoms with Crippen LogP contribution < -0.4 is 15.4 Å². The van der Waals surface area contributed by atoms with Crippen molar-refractivity contribution in [3.63, 3.8) is 0 Å². The topological polar surface area (TPSA) is 67.0 Å². The van der Waals surface area contributed by atoms with Crippen LogP contribution in [0.25, 0.3) is 0 Å². The number of thiazole rings is 1. The predicted octanol–water partition coefficient (Wildman–Crippen LogP) is 2.57. The first kappa shape index (κ1) is 18.5. The second-order valence-electron chi connectivity index (χ2n) is 7.08. The van der Waals surface area contributed by atoms with Crippen LogP contribution in [0.4, 0.5) is 5.13 Å². The van der Waals surface area contributed by atoms with Gasteiger partial charge in [-0.2, -0.15) is 0 Å². The summed E-state index contributed by atoms with van der Waals surface area (Å²) >= 11 is 1.68. The lowest BCUT2D eigenvalue weighted by Gasteiger charge is -2.35. The minimum Gasteiger partial charge on any atom is -0.497 e. The van der Waals surface area contributed by atoms with Gasteiger partial charge in [0.2, 0.25) is 0 Å². The number of ether oxygens (including phenoxy) is 1. The number of rotatable bonds is 5. The molecule has 1 saturated heterocycles. The lowest BCUT2D eigenvalue weighted by Crippen LogP contribution is -2.51. The average Bonchev–Trinajstić information content (AvgIpc) is 3.21. The molecule has 1 aliphatic rings. The Morgan fingerprint density at radius 1 is 1.31 bits per heavy atom. The van der Waals surface area contributed by atoms with Crippen LogP contribution in [0.2, 0.25) is 0 Å². The number of aromatic nitrogens is 1. The zero-order valence-electron chi connectivity index (χ0n) is 15.7. The Hall–Kier alpha value is -2.28. The maximum atomic E-state index is 6.27. The molecule has 2 aromatic rings. The third kappa shape index (κ3) is 4.27. The van der Waals surface area contributed by atoms with Gasteiger partial charge >= 0.3 is 0 Å². The second-order valence-corrected chi connectivity index (χ2v) is 7.95. The Bertz CT molecular complexity index is 736. The molecule has 26 heavy (non-hydrogen) atoms. The Kier molecular flexibility index (Phi) is 5.66. The van der Waals surface area contributed by atoms with Crippen molar-refractivity contribution in [2.45, 2.75) is 19.3 Å². The third-order valence-electron chi connectivity index (χ3n) is 4.78. The zero-order chi connectivity index (χ0) is 18.6. The number of hydrogen-bond acceptors (Lipinski definition) is 5. The van der Waals surface area contributed by atoms with Gasteiger partial charge in [-0.1, -0.05) is 26.0 Å². The Labute approximate surface area is 159 Å². The molecular formula is C19H27N5OS. The molecular weight excluding hydrogens is 346 g/mol. The lowest BCUT2D eigenvalue weighted by molar-refractivity contribution is 0.378. The van der Waals surface area contributed by atoms with Crippen molar-refractivity contribution in [1.82, 2.24) is 9.88 Å². The first-order chi connectivity index (χ1) is 12.5. The van der Waals surface area contributed by atoms with Gasteiger partial charge in [0.1, 0.15) is 5.75 Å². The van der Waals surface area contributed by atoms with E-state index in [0.29, 0.717) is 12.5 Å². The zero-order valence-corrected chi connectivity index (χ0v) is 16.5. The number of aliphatic imine (C=N–C) groups is 1. The highest BCUT2D eigenvalue weighted by Crippen LogP contribution is 2.27. The molecule has 1 aromatic carbocycles. The number of benzene rings is 1. The molecule has 140 valence electrons. The highest BCUT2D eigenvalue weighted by atomic mass is 32.1. The fourth-order valence-corrected chi connectivity index (χ4v) is 3.71. The summed E-state index contributed by atoms with van der Waals surface area (Å²) in [6.45, 7) is 8.58. The summed E-state index contributed by atoms with van der Waals surface area (Å²) in [5.74, 6) is 1.49. The SMILES string of the molecule is COc1cccc(C(C)(C)CN=C(N)N2CCN(c3nccs3)CC2)c1. The van der Waals surface area contributed by atoms with E-state index in [-0.39, 0.29) is 5.41 Å². The Morgan fingerprint density at radius 2 is 2.08 bits per heavy atom. The summed E-state index contributed by atoms with van der Waals surface area (Å²) in [5, 5.41) is 3.09. The number of nitrogens with zero attached hydrogens (tertiary/aromatic N) is 4. The smallest absolute Gasteiger partial charge is 0.191 e. The molecule has 1 aromatic heterocycles. The first-order valence-electron chi connectivity index (χ1n) is 8.83. The van der Waals surface area contributed by atoms with E-state index in [4.69, 9.17) is 10.5 Å². The maximum absolute atomic E-state index is 6.27. The molecule has 0 unspecified atom stereocenters. The van der Waals surface area contributed by atoms with Crippen molar-refractivity contribution in [2.24, 2.45) is 10.7 Å². The van der Waals surface area contributed by atoms with Crippen molar-refractivity contribution >= 4 is 22.4 Å². The summed E-state index contributed by atoms with van der Waals surface area (Å²) in [4.78, 5) is 13.5. The Morgan fingerprint density at radius 3 is 2.73 bits per heavy atom. The van der Waals surface area contributed by atoms with Gasteiger partial charge in [-0.3, -0.25) is 4.99 Å². The van der Waals surface area contributed by atoms with Crippen LogP contribution in [0, 0.1) is 0 Å². The summed E-state index contributed by atoms with van der Waals surface area (Å²) in [6.07, 6.45) is 1.85. The molecule has 7 heteroatoms. The van der Waals surface area contributed by atoms with E-state index in [1.54, 1.807) is 18.4 Å². The highest BCUT2D eigenvalue weighted by Gasteiger charge is 2.23.